The fourth-order valence-corrected chi connectivity index (χ4v) is 3.67. The molecule has 6 nitrogen and oxygen atoms in total. The number of aromatic nitrogens is 3. The number of aromatic amines is 2. The number of halogens is 1. The number of fused-ring (bicyclic) bond motifs is 1. The lowest BCUT2D eigenvalue weighted by atomic mass is 10.00. The van der Waals surface area contributed by atoms with Crippen molar-refractivity contribution in [1.29, 1.82) is 0 Å². The quantitative estimate of drug-likeness (QED) is 0.614. The average Bonchev–Trinajstić information content (AvgIpc) is 3.10. The van der Waals surface area contributed by atoms with Crippen LogP contribution in [0, 0.1) is 4.77 Å². The summed E-state index contributed by atoms with van der Waals surface area (Å²) >= 11 is 11.6. The highest BCUT2D eigenvalue weighted by Gasteiger charge is 2.19. The molecule has 3 N–H and O–H groups in total. The second kappa shape index (κ2) is 6.76. The van der Waals surface area contributed by atoms with Gasteiger partial charge in [-0.25, -0.2) is 0 Å². The summed E-state index contributed by atoms with van der Waals surface area (Å²) in [6.45, 7) is 2.65. The number of nitrogens with one attached hydrogen (secondary N) is 3. The normalized spacial score (nSPS) is 17.9. The molecule has 0 bridgehead atoms. The summed E-state index contributed by atoms with van der Waals surface area (Å²) in [6, 6.07) is 7.78. The van der Waals surface area contributed by atoms with E-state index in [2.05, 4.69) is 15.3 Å². The lowest BCUT2D eigenvalue weighted by Crippen LogP contribution is -2.35. The molecule has 2 aromatic heterocycles. The topological polar surface area (TPSA) is 74.8 Å². The smallest absolute Gasteiger partial charge is 0.276 e. The molecule has 1 aromatic carbocycles. The van der Waals surface area contributed by atoms with Crippen molar-refractivity contribution in [2.45, 2.75) is 12.6 Å². The standard InChI is InChI=1S/C17H17ClN4O2S/c18-11-2-1-10(12(7-11)13-9-24-6-5-19-13)8-22-14-3-4-20-15(14)16(23)21-17(22)25/h1-4,7,13,19-20H,5-6,8-9H2,(H,21,23,25)/t13-/m1/s1. The van der Waals surface area contributed by atoms with E-state index in [0.717, 1.165) is 23.2 Å². The summed E-state index contributed by atoms with van der Waals surface area (Å²) in [5.41, 5.74) is 3.26. The number of H-pyrrole nitrogens is 2. The Morgan fingerprint density at radius 1 is 1.36 bits per heavy atom. The van der Waals surface area contributed by atoms with Crippen molar-refractivity contribution in [3.63, 3.8) is 0 Å². The molecule has 1 atom stereocenters. The molecule has 8 heteroatoms. The van der Waals surface area contributed by atoms with Crippen LogP contribution in [0.4, 0.5) is 0 Å². The molecule has 0 amide bonds. The monoisotopic (exact) mass is 376 g/mol. The average molecular weight is 377 g/mol. The van der Waals surface area contributed by atoms with Crippen molar-refractivity contribution in [1.82, 2.24) is 19.9 Å². The lowest BCUT2D eigenvalue weighted by molar-refractivity contribution is 0.0766. The number of hydrogen-bond acceptors (Lipinski definition) is 4. The molecular formula is C17H17ClN4O2S. The van der Waals surface area contributed by atoms with Gasteiger partial charge in [0.15, 0.2) is 4.77 Å². The first-order chi connectivity index (χ1) is 12.1. The van der Waals surface area contributed by atoms with E-state index in [4.69, 9.17) is 28.6 Å². The van der Waals surface area contributed by atoms with Crippen LogP contribution in [0.25, 0.3) is 11.0 Å². The molecular weight excluding hydrogens is 360 g/mol. The van der Waals surface area contributed by atoms with E-state index < -0.39 is 0 Å². The Hall–Kier alpha value is -1.93. The zero-order valence-electron chi connectivity index (χ0n) is 13.3. The van der Waals surface area contributed by atoms with Gasteiger partial charge in [-0.3, -0.25) is 9.78 Å². The summed E-state index contributed by atoms with van der Waals surface area (Å²) in [4.78, 5) is 17.7. The minimum absolute atomic E-state index is 0.0844. The largest absolute Gasteiger partial charge is 0.378 e. The molecule has 0 spiro atoms. The van der Waals surface area contributed by atoms with Gasteiger partial charge in [0.1, 0.15) is 5.52 Å². The highest BCUT2D eigenvalue weighted by atomic mass is 35.5. The first-order valence-corrected chi connectivity index (χ1v) is 8.82. The Bertz CT molecular complexity index is 1030. The van der Waals surface area contributed by atoms with Gasteiger partial charge in [0.05, 0.1) is 31.3 Å². The molecule has 0 radical (unpaired) electrons. The van der Waals surface area contributed by atoms with Crippen LogP contribution < -0.4 is 10.9 Å². The minimum atomic E-state index is -0.208. The Labute approximate surface area is 153 Å². The summed E-state index contributed by atoms with van der Waals surface area (Å²) < 4.78 is 7.90. The van der Waals surface area contributed by atoms with Crippen LogP contribution in [-0.2, 0) is 11.3 Å². The van der Waals surface area contributed by atoms with Gasteiger partial charge in [-0.2, -0.15) is 0 Å². The first-order valence-electron chi connectivity index (χ1n) is 8.03. The molecule has 0 aliphatic carbocycles. The van der Waals surface area contributed by atoms with Crippen molar-refractivity contribution >= 4 is 34.9 Å². The third-order valence-corrected chi connectivity index (χ3v) is 5.00. The molecule has 4 rings (SSSR count). The zero-order valence-corrected chi connectivity index (χ0v) is 14.9. The second-order valence-corrected chi connectivity index (χ2v) is 6.83. The van der Waals surface area contributed by atoms with Gasteiger partial charge >= 0.3 is 0 Å². The Morgan fingerprint density at radius 3 is 3.04 bits per heavy atom. The zero-order chi connectivity index (χ0) is 17.4. The Balaban J connectivity index is 1.80. The molecule has 1 aliphatic heterocycles. The summed E-state index contributed by atoms with van der Waals surface area (Å²) in [7, 11) is 0. The minimum Gasteiger partial charge on any atom is -0.378 e. The van der Waals surface area contributed by atoms with E-state index in [9.17, 15) is 4.79 Å². The maximum atomic E-state index is 12.0. The van der Waals surface area contributed by atoms with Crippen LogP contribution in [0.15, 0.2) is 35.3 Å². The molecule has 1 fully saturated rings. The van der Waals surface area contributed by atoms with Gasteiger partial charge < -0.3 is 19.6 Å². The number of rotatable bonds is 3. The first kappa shape index (κ1) is 16.5. The van der Waals surface area contributed by atoms with Crippen molar-refractivity contribution < 1.29 is 4.74 Å². The predicted molar refractivity (Wildman–Crippen MR) is 99.9 cm³/mol. The SMILES string of the molecule is O=c1[nH]c(=S)n(Cc2ccc(Cl)cc2[C@H]2COCCN2)c2cc[nH]c12. The van der Waals surface area contributed by atoms with E-state index in [1.165, 1.54) is 0 Å². The van der Waals surface area contributed by atoms with Crippen molar-refractivity contribution in [2.24, 2.45) is 0 Å². The summed E-state index contributed by atoms with van der Waals surface area (Å²) in [5, 5.41) is 4.15. The molecule has 130 valence electrons. The second-order valence-electron chi connectivity index (χ2n) is 6.01. The van der Waals surface area contributed by atoms with E-state index in [1.54, 1.807) is 6.20 Å². The molecule has 3 heterocycles. The molecule has 3 aromatic rings. The summed E-state index contributed by atoms with van der Waals surface area (Å²) in [6.07, 6.45) is 1.74. The van der Waals surface area contributed by atoms with Gasteiger partial charge in [0.25, 0.3) is 5.56 Å². The highest BCUT2D eigenvalue weighted by Crippen LogP contribution is 2.25. The van der Waals surface area contributed by atoms with Crippen LogP contribution in [0.1, 0.15) is 17.2 Å². The predicted octanol–water partition coefficient (Wildman–Crippen LogP) is 2.75. The van der Waals surface area contributed by atoms with E-state index in [1.807, 2.05) is 28.8 Å². The molecule has 1 aliphatic rings. The molecule has 1 saturated heterocycles. The fourth-order valence-electron chi connectivity index (χ4n) is 3.23. The molecule has 0 saturated carbocycles. The van der Waals surface area contributed by atoms with Gasteiger partial charge in [-0.1, -0.05) is 17.7 Å². The van der Waals surface area contributed by atoms with E-state index >= 15 is 0 Å². The van der Waals surface area contributed by atoms with Gasteiger partial charge in [0.2, 0.25) is 0 Å². The maximum Gasteiger partial charge on any atom is 0.276 e. The fraction of sp³-hybridized carbons (Fsp3) is 0.294. The summed E-state index contributed by atoms with van der Waals surface area (Å²) in [5.74, 6) is 0. The van der Waals surface area contributed by atoms with Gasteiger partial charge in [0, 0.05) is 17.8 Å². The van der Waals surface area contributed by atoms with Crippen LogP contribution in [0.5, 0.6) is 0 Å². The number of morpholine rings is 1. The van der Waals surface area contributed by atoms with Crippen LogP contribution >= 0.6 is 23.8 Å². The highest BCUT2D eigenvalue weighted by molar-refractivity contribution is 7.71. The van der Waals surface area contributed by atoms with Crippen molar-refractivity contribution in [3.8, 4) is 0 Å². The molecule has 0 unspecified atom stereocenters. The van der Waals surface area contributed by atoms with Gasteiger partial charge in [-0.05, 0) is 41.5 Å². The van der Waals surface area contributed by atoms with Crippen LogP contribution in [0.2, 0.25) is 5.02 Å². The van der Waals surface area contributed by atoms with E-state index in [-0.39, 0.29) is 11.6 Å². The molecule has 25 heavy (non-hydrogen) atoms. The number of ether oxygens (including phenoxy) is 1. The van der Waals surface area contributed by atoms with E-state index in [0.29, 0.717) is 35.1 Å². The van der Waals surface area contributed by atoms with Crippen LogP contribution in [0.3, 0.4) is 0 Å². The third kappa shape index (κ3) is 3.16. The van der Waals surface area contributed by atoms with Crippen molar-refractivity contribution in [3.05, 3.63) is 61.7 Å². The number of nitrogens with zero attached hydrogens (tertiary/aromatic N) is 1. The number of hydrogen-bond donors (Lipinski definition) is 3. The number of benzene rings is 1. The van der Waals surface area contributed by atoms with Crippen molar-refractivity contribution in [2.75, 3.05) is 19.8 Å². The van der Waals surface area contributed by atoms with Crippen LogP contribution in [-0.4, -0.2) is 34.3 Å². The lowest BCUT2D eigenvalue weighted by Gasteiger charge is -2.26. The Morgan fingerprint density at radius 2 is 2.24 bits per heavy atom. The Kier molecular flexibility index (Phi) is 4.47. The third-order valence-electron chi connectivity index (χ3n) is 4.44. The van der Waals surface area contributed by atoms with Gasteiger partial charge in [-0.15, -0.1) is 0 Å². The maximum absolute atomic E-state index is 12.0.